The number of rotatable bonds is 5. The first-order valence-electron chi connectivity index (χ1n) is 5.96. The summed E-state index contributed by atoms with van der Waals surface area (Å²) in [7, 11) is 0. The van der Waals surface area contributed by atoms with Crippen LogP contribution < -0.4 is 4.74 Å². The van der Waals surface area contributed by atoms with Crippen LogP contribution in [0, 0.1) is 0 Å². The van der Waals surface area contributed by atoms with Crippen LogP contribution in [-0.2, 0) is 4.79 Å². The third-order valence-corrected chi connectivity index (χ3v) is 3.06. The molecule has 2 aromatic carbocycles. The van der Waals surface area contributed by atoms with Gasteiger partial charge < -0.3 is 14.9 Å². The number of ether oxygens (including phenoxy) is 1. The monoisotopic (exact) mass is 292 g/mol. The summed E-state index contributed by atoms with van der Waals surface area (Å²) >= 11 is 5.78. The molecular formula is C15H13ClO4. The van der Waals surface area contributed by atoms with Crippen LogP contribution in [-0.4, -0.2) is 22.8 Å². The van der Waals surface area contributed by atoms with Gasteiger partial charge in [-0.3, -0.25) is 4.79 Å². The molecule has 2 N–H and O–H groups in total. The van der Waals surface area contributed by atoms with Crippen molar-refractivity contribution in [3.05, 3.63) is 59.1 Å². The van der Waals surface area contributed by atoms with Gasteiger partial charge >= 0.3 is 5.97 Å². The SMILES string of the molecule is O=C(O)C(COc1cccc(O)c1)c1ccc(Cl)cc1. The summed E-state index contributed by atoms with van der Waals surface area (Å²) in [5, 5.41) is 19.1. The van der Waals surface area contributed by atoms with Crippen molar-refractivity contribution in [3.8, 4) is 11.5 Å². The van der Waals surface area contributed by atoms with E-state index in [-0.39, 0.29) is 12.4 Å². The molecule has 0 spiro atoms. The van der Waals surface area contributed by atoms with E-state index in [4.69, 9.17) is 16.3 Å². The van der Waals surface area contributed by atoms with Crippen LogP contribution >= 0.6 is 11.6 Å². The topological polar surface area (TPSA) is 66.8 Å². The van der Waals surface area contributed by atoms with Crippen LogP contribution in [0.5, 0.6) is 11.5 Å². The normalized spacial score (nSPS) is 11.8. The zero-order valence-corrected chi connectivity index (χ0v) is 11.2. The molecule has 1 unspecified atom stereocenters. The first-order chi connectivity index (χ1) is 9.56. The van der Waals surface area contributed by atoms with Crippen LogP contribution in [0.2, 0.25) is 5.02 Å². The van der Waals surface area contributed by atoms with E-state index >= 15 is 0 Å². The van der Waals surface area contributed by atoms with E-state index in [0.29, 0.717) is 16.3 Å². The van der Waals surface area contributed by atoms with E-state index in [9.17, 15) is 15.0 Å². The molecule has 0 aliphatic heterocycles. The van der Waals surface area contributed by atoms with Crippen molar-refractivity contribution in [1.29, 1.82) is 0 Å². The molecule has 0 bridgehead atoms. The molecule has 2 aromatic rings. The van der Waals surface area contributed by atoms with Gasteiger partial charge in [0.1, 0.15) is 24.0 Å². The standard InChI is InChI=1S/C15H13ClO4/c16-11-6-4-10(5-7-11)14(15(18)19)9-20-13-3-1-2-12(17)8-13/h1-8,14,17H,9H2,(H,18,19). The van der Waals surface area contributed by atoms with Crippen molar-refractivity contribution in [3.63, 3.8) is 0 Å². The Kier molecular flexibility index (Phi) is 4.48. The number of aliphatic carboxylic acids is 1. The fourth-order valence-corrected chi connectivity index (χ4v) is 1.88. The van der Waals surface area contributed by atoms with E-state index in [1.54, 1.807) is 36.4 Å². The predicted molar refractivity (Wildman–Crippen MR) is 75.4 cm³/mol. The molecule has 4 nitrogen and oxygen atoms in total. The van der Waals surface area contributed by atoms with Gasteiger partial charge in [0.05, 0.1) is 0 Å². The van der Waals surface area contributed by atoms with E-state index in [0.717, 1.165) is 0 Å². The summed E-state index contributed by atoms with van der Waals surface area (Å²) in [5.41, 5.74) is 0.613. The molecule has 0 heterocycles. The number of benzene rings is 2. The third-order valence-electron chi connectivity index (χ3n) is 2.80. The van der Waals surface area contributed by atoms with Crippen molar-refractivity contribution in [2.24, 2.45) is 0 Å². The van der Waals surface area contributed by atoms with Crippen molar-refractivity contribution in [2.45, 2.75) is 5.92 Å². The van der Waals surface area contributed by atoms with E-state index in [1.807, 2.05) is 0 Å². The maximum Gasteiger partial charge on any atom is 0.314 e. The lowest BCUT2D eigenvalue weighted by atomic mass is 10.0. The Labute approximate surface area is 121 Å². The quantitative estimate of drug-likeness (QED) is 0.887. The molecule has 0 radical (unpaired) electrons. The highest BCUT2D eigenvalue weighted by Gasteiger charge is 2.20. The smallest absolute Gasteiger partial charge is 0.314 e. The van der Waals surface area contributed by atoms with Gasteiger partial charge in [0, 0.05) is 11.1 Å². The maximum absolute atomic E-state index is 11.3. The molecule has 0 saturated carbocycles. The van der Waals surface area contributed by atoms with Gasteiger partial charge in [-0.2, -0.15) is 0 Å². The number of hydrogen-bond donors (Lipinski definition) is 2. The van der Waals surface area contributed by atoms with E-state index in [1.165, 1.54) is 12.1 Å². The van der Waals surface area contributed by atoms with Crippen LogP contribution in [0.4, 0.5) is 0 Å². The second-order valence-corrected chi connectivity index (χ2v) is 4.69. The maximum atomic E-state index is 11.3. The fourth-order valence-electron chi connectivity index (χ4n) is 1.76. The van der Waals surface area contributed by atoms with E-state index < -0.39 is 11.9 Å². The van der Waals surface area contributed by atoms with Gasteiger partial charge in [-0.05, 0) is 29.8 Å². The molecule has 104 valence electrons. The van der Waals surface area contributed by atoms with Crippen LogP contribution in [0.25, 0.3) is 0 Å². The minimum absolute atomic E-state index is 0.0274. The highest BCUT2D eigenvalue weighted by Crippen LogP contribution is 2.22. The Balaban J connectivity index is 2.10. The van der Waals surface area contributed by atoms with Gasteiger partial charge in [-0.25, -0.2) is 0 Å². The Morgan fingerprint density at radius 3 is 2.50 bits per heavy atom. The molecule has 20 heavy (non-hydrogen) atoms. The number of phenolic OH excluding ortho intramolecular Hbond substituents is 1. The van der Waals surface area contributed by atoms with Crippen molar-refractivity contribution < 1.29 is 19.7 Å². The van der Waals surface area contributed by atoms with Crippen molar-refractivity contribution in [1.82, 2.24) is 0 Å². The number of phenols is 1. The summed E-state index contributed by atoms with van der Waals surface area (Å²) in [6, 6.07) is 12.8. The summed E-state index contributed by atoms with van der Waals surface area (Å²) in [4.78, 5) is 11.3. The van der Waals surface area contributed by atoms with Gasteiger partial charge in [-0.15, -0.1) is 0 Å². The molecule has 2 rings (SSSR count). The lowest BCUT2D eigenvalue weighted by Gasteiger charge is -2.14. The first-order valence-corrected chi connectivity index (χ1v) is 6.34. The minimum Gasteiger partial charge on any atom is -0.508 e. The predicted octanol–water partition coefficient (Wildman–Crippen LogP) is 3.29. The Bertz CT molecular complexity index is 595. The second-order valence-electron chi connectivity index (χ2n) is 4.25. The molecule has 0 fully saturated rings. The number of carboxylic acids is 1. The number of halogens is 1. The molecule has 0 aliphatic rings. The highest BCUT2D eigenvalue weighted by atomic mass is 35.5. The average molecular weight is 293 g/mol. The van der Waals surface area contributed by atoms with Gasteiger partial charge in [-0.1, -0.05) is 29.8 Å². The van der Waals surface area contributed by atoms with E-state index in [2.05, 4.69) is 0 Å². The van der Waals surface area contributed by atoms with Gasteiger partial charge in [0.15, 0.2) is 0 Å². The summed E-state index contributed by atoms with van der Waals surface area (Å²) in [6.07, 6.45) is 0. The average Bonchev–Trinajstić information content (AvgIpc) is 2.41. The third kappa shape index (κ3) is 3.65. The first kappa shape index (κ1) is 14.2. The Hall–Kier alpha value is -2.20. The minimum atomic E-state index is -0.979. The zero-order chi connectivity index (χ0) is 14.5. The number of aromatic hydroxyl groups is 1. The number of carbonyl (C=O) groups is 1. The molecule has 1 atom stereocenters. The molecule has 0 amide bonds. The van der Waals surface area contributed by atoms with Crippen LogP contribution in [0.1, 0.15) is 11.5 Å². The lowest BCUT2D eigenvalue weighted by molar-refractivity contribution is -0.139. The molecular weight excluding hydrogens is 280 g/mol. The largest absolute Gasteiger partial charge is 0.508 e. The van der Waals surface area contributed by atoms with Crippen LogP contribution in [0.15, 0.2) is 48.5 Å². The Morgan fingerprint density at radius 1 is 1.20 bits per heavy atom. The number of carboxylic acid groups (broad SMARTS) is 1. The summed E-state index contributed by atoms with van der Waals surface area (Å²) in [5.74, 6) is -1.28. The molecule has 0 aromatic heterocycles. The van der Waals surface area contributed by atoms with Gasteiger partial charge in [0.2, 0.25) is 0 Å². The fraction of sp³-hybridized carbons (Fsp3) is 0.133. The summed E-state index contributed by atoms with van der Waals surface area (Å²) < 4.78 is 5.42. The lowest BCUT2D eigenvalue weighted by Crippen LogP contribution is -2.19. The van der Waals surface area contributed by atoms with Crippen molar-refractivity contribution >= 4 is 17.6 Å². The summed E-state index contributed by atoms with van der Waals surface area (Å²) in [6.45, 7) is -0.0274. The molecule has 5 heteroatoms. The second kappa shape index (κ2) is 6.30. The number of hydrogen-bond acceptors (Lipinski definition) is 3. The van der Waals surface area contributed by atoms with Crippen LogP contribution in [0.3, 0.4) is 0 Å². The highest BCUT2D eigenvalue weighted by molar-refractivity contribution is 6.30. The molecule has 0 aliphatic carbocycles. The van der Waals surface area contributed by atoms with Gasteiger partial charge in [0.25, 0.3) is 0 Å². The molecule has 0 saturated heterocycles. The van der Waals surface area contributed by atoms with Crippen molar-refractivity contribution in [2.75, 3.05) is 6.61 Å². The Morgan fingerprint density at radius 2 is 1.90 bits per heavy atom. The zero-order valence-electron chi connectivity index (χ0n) is 10.5.